The molecule has 0 saturated carbocycles. The van der Waals surface area contributed by atoms with Gasteiger partial charge >= 0.3 is 6.18 Å². The van der Waals surface area contributed by atoms with E-state index < -0.39 is 23.2 Å². The molecular formula is C9H10F3NO. The predicted octanol–water partition coefficient (Wildman–Crippen LogP) is 3.21. The van der Waals surface area contributed by atoms with E-state index in [1.54, 1.807) is 13.8 Å². The number of nitroso groups, excluding NO2 is 1. The first-order chi connectivity index (χ1) is 6.27. The van der Waals surface area contributed by atoms with E-state index >= 15 is 0 Å². The van der Waals surface area contributed by atoms with Crippen LogP contribution in [-0.4, -0.2) is 12.2 Å². The van der Waals surface area contributed by atoms with Gasteiger partial charge in [-0.25, -0.2) is 0 Å². The zero-order chi connectivity index (χ0) is 11.0. The molecule has 78 valence electrons. The Hall–Kier alpha value is -1.13. The molecule has 0 N–H and O–H groups in total. The van der Waals surface area contributed by atoms with Gasteiger partial charge < -0.3 is 0 Å². The van der Waals surface area contributed by atoms with E-state index in [9.17, 15) is 18.1 Å². The van der Waals surface area contributed by atoms with Crippen molar-refractivity contribution in [1.82, 2.24) is 0 Å². The molecule has 1 aliphatic carbocycles. The zero-order valence-corrected chi connectivity index (χ0v) is 7.80. The number of alkyl halides is 3. The van der Waals surface area contributed by atoms with Gasteiger partial charge in [-0.3, -0.25) is 0 Å². The van der Waals surface area contributed by atoms with Gasteiger partial charge in [-0.2, -0.15) is 18.1 Å². The third-order valence-corrected chi connectivity index (χ3v) is 2.23. The molecule has 0 radical (unpaired) electrons. The number of allylic oxidation sites excluding steroid dienone is 2. The van der Waals surface area contributed by atoms with Crippen molar-refractivity contribution in [3.63, 3.8) is 0 Å². The average Bonchev–Trinajstić information content (AvgIpc) is 2.01. The Morgan fingerprint density at radius 1 is 1.43 bits per heavy atom. The van der Waals surface area contributed by atoms with Crippen LogP contribution in [0.5, 0.6) is 0 Å². The van der Waals surface area contributed by atoms with Crippen LogP contribution in [0.4, 0.5) is 13.2 Å². The minimum Gasteiger partial charge on any atom is -0.166 e. The van der Waals surface area contributed by atoms with Gasteiger partial charge in [-0.15, -0.1) is 0 Å². The summed E-state index contributed by atoms with van der Waals surface area (Å²) in [5.41, 5.74) is -1.45. The van der Waals surface area contributed by atoms with Gasteiger partial charge in [0.05, 0.1) is 5.57 Å². The maximum atomic E-state index is 12.2. The summed E-state index contributed by atoms with van der Waals surface area (Å²) in [6.07, 6.45) is -1.19. The molecule has 1 atom stereocenters. The molecule has 0 heterocycles. The molecule has 1 unspecified atom stereocenters. The zero-order valence-electron chi connectivity index (χ0n) is 7.80. The molecule has 0 amide bonds. The Morgan fingerprint density at radius 3 is 2.43 bits per heavy atom. The van der Waals surface area contributed by atoms with Gasteiger partial charge in [0.25, 0.3) is 0 Å². The van der Waals surface area contributed by atoms with Crippen molar-refractivity contribution in [1.29, 1.82) is 0 Å². The Labute approximate surface area is 79.5 Å². The summed E-state index contributed by atoms with van der Waals surface area (Å²) in [7, 11) is 0. The van der Waals surface area contributed by atoms with E-state index in [4.69, 9.17) is 0 Å². The van der Waals surface area contributed by atoms with Gasteiger partial charge in [-0.1, -0.05) is 31.2 Å². The van der Waals surface area contributed by atoms with E-state index in [0.717, 1.165) is 12.2 Å². The second-order valence-corrected chi connectivity index (χ2v) is 3.82. The smallest absolute Gasteiger partial charge is 0.166 e. The highest BCUT2D eigenvalue weighted by Gasteiger charge is 2.38. The highest BCUT2D eigenvalue weighted by atomic mass is 19.4. The number of rotatable bonds is 1. The van der Waals surface area contributed by atoms with Crippen molar-refractivity contribution >= 4 is 0 Å². The van der Waals surface area contributed by atoms with Crippen molar-refractivity contribution in [3.05, 3.63) is 28.7 Å². The van der Waals surface area contributed by atoms with Crippen LogP contribution >= 0.6 is 0 Å². The summed E-state index contributed by atoms with van der Waals surface area (Å²) in [6.45, 7) is 3.33. The lowest BCUT2D eigenvalue weighted by Crippen LogP contribution is -2.28. The van der Waals surface area contributed by atoms with Crippen LogP contribution < -0.4 is 0 Å². The SMILES string of the molecule is CC1(C)C=CC(C(F)(F)F)=CC1N=O. The molecule has 0 aromatic heterocycles. The molecule has 0 spiro atoms. The van der Waals surface area contributed by atoms with Crippen LogP contribution in [0.25, 0.3) is 0 Å². The lowest BCUT2D eigenvalue weighted by molar-refractivity contribution is -0.0890. The van der Waals surface area contributed by atoms with Crippen molar-refractivity contribution in [2.75, 3.05) is 0 Å². The standard InChI is InChI=1S/C9H10F3NO/c1-8(2)4-3-6(9(10,11)12)5-7(8)13-14/h3-5,7H,1-2H3. The van der Waals surface area contributed by atoms with Crippen LogP contribution in [0.15, 0.2) is 29.0 Å². The molecule has 14 heavy (non-hydrogen) atoms. The number of halogens is 3. The van der Waals surface area contributed by atoms with Crippen molar-refractivity contribution in [3.8, 4) is 0 Å². The molecule has 1 rings (SSSR count). The number of hydrogen-bond donors (Lipinski definition) is 0. The quantitative estimate of drug-likeness (QED) is 0.604. The van der Waals surface area contributed by atoms with Crippen molar-refractivity contribution in [2.24, 2.45) is 10.6 Å². The summed E-state index contributed by atoms with van der Waals surface area (Å²) in [5, 5.41) is 2.69. The fourth-order valence-corrected chi connectivity index (χ4v) is 1.20. The van der Waals surface area contributed by atoms with E-state index in [1.807, 2.05) is 0 Å². The number of nitrogens with zero attached hydrogens (tertiary/aromatic N) is 1. The molecule has 0 aromatic rings. The van der Waals surface area contributed by atoms with E-state index in [2.05, 4.69) is 5.18 Å². The minimum atomic E-state index is -4.41. The maximum Gasteiger partial charge on any atom is 0.416 e. The van der Waals surface area contributed by atoms with Crippen molar-refractivity contribution in [2.45, 2.75) is 26.1 Å². The molecule has 0 fully saturated rings. The Morgan fingerprint density at radius 2 is 2.00 bits per heavy atom. The van der Waals surface area contributed by atoms with Crippen LogP contribution in [-0.2, 0) is 0 Å². The second kappa shape index (κ2) is 3.22. The Kier molecular flexibility index (Phi) is 2.52. The minimum absolute atomic E-state index is 0.642. The third-order valence-electron chi connectivity index (χ3n) is 2.23. The summed E-state index contributed by atoms with van der Waals surface area (Å²) in [6, 6.07) is -0.955. The molecule has 0 aromatic carbocycles. The largest absolute Gasteiger partial charge is 0.416 e. The summed E-state index contributed by atoms with van der Waals surface area (Å²) >= 11 is 0. The summed E-state index contributed by atoms with van der Waals surface area (Å²) in [4.78, 5) is 10.4. The molecule has 1 aliphatic rings. The van der Waals surface area contributed by atoms with Crippen LogP contribution in [0.2, 0.25) is 0 Å². The van der Waals surface area contributed by atoms with Gasteiger partial charge in [-0.05, 0) is 6.08 Å². The molecular weight excluding hydrogens is 195 g/mol. The van der Waals surface area contributed by atoms with E-state index in [1.165, 1.54) is 6.08 Å². The van der Waals surface area contributed by atoms with E-state index in [-0.39, 0.29) is 0 Å². The lowest BCUT2D eigenvalue weighted by atomic mass is 9.80. The fraction of sp³-hybridized carbons (Fsp3) is 0.556. The van der Waals surface area contributed by atoms with Crippen LogP contribution in [0.1, 0.15) is 13.8 Å². The highest BCUT2D eigenvalue weighted by molar-refractivity contribution is 5.33. The maximum absolute atomic E-state index is 12.2. The molecule has 0 saturated heterocycles. The monoisotopic (exact) mass is 205 g/mol. The van der Waals surface area contributed by atoms with Crippen LogP contribution in [0.3, 0.4) is 0 Å². The van der Waals surface area contributed by atoms with Crippen LogP contribution in [0, 0.1) is 10.3 Å². The lowest BCUT2D eigenvalue weighted by Gasteiger charge is -2.28. The molecule has 2 nitrogen and oxygen atoms in total. The molecule has 0 aliphatic heterocycles. The van der Waals surface area contributed by atoms with Crippen molar-refractivity contribution < 1.29 is 13.2 Å². The molecule has 5 heteroatoms. The Bertz CT molecular complexity index is 302. The van der Waals surface area contributed by atoms with Gasteiger partial charge in [0, 0.05) is 5.41 Å². The predicted molar refractivity (Wildman–Crippen MR) is 46.6 cm³/mol. The molecule has 0 bridgehead atoms. The Balaban J connectivity index is 3.02. The fourth-order valence-electron chi connectivity index (χ4n) is 1.20. The first kappa shape index (κ1) is 10.9. The van der Waals surface area contributed by atoms with E-state index in [0.29, 0.717) is 0 Å². The summed E-state index contributed by atoms with van der Waals surface area (Å²) < 4.78 is 36.7. The van der Waals surface area contributed by atoms with Gasteiger partial charge in [0.1, 0.15) is 6.04 Å². The first-order valence-corrected chi connectivity index (χ1v) is 4.08. The van der Waals surface area contributed by atoms with Gasteiger partial charge in [0.15, 0.2) is 0 Å². The highest BCUT2D eigenvalue weighted by Crippen LogP contribution is 2.37. The average molecular weight is 205 g/mol. The topological polar surface area (TPSA) is 29.4 Å². The first-order valence-electron chi connectivity index (χ1n) is 4.08. The number of hydrogen-bond acceptors (Lipinski definition) is 2. The van der Waals surface area contributed by atoms with Gasteiger partial charge in [0.2, 0.25) is 0 Å². The normalized spacial score (nSPS) is 25.8. The third kappa shape index (κ3) is 2.02. The second-order valence-electron chi connectivity index (χ2n) is 3.82. The summed E-state index contributed by atoms with van der Waals surface area (Å²) in [5.74, 6) is 0.